The molecule has 0 radical (unpaired) electrons. The average Bonchev–Trinajstić information content (AvgIpc) is 3.52. The highest BCUT2D eigenvalue weighted by Crippen LogP contribution is 2.31. The van der Waals surface area contributed by atoms with Crippen molar-refractivity contribution in [1.82, 2.24) is 40.9 Å². The summed E-state index contributed by atoms with van der Waals surface area (Å²) in [6, 6.07) is 28.0. The van der Waals surface area contributed by atoms with Gasteiger partial charge in [-0.2, -0.15) is 0 Å². The number of hydrogen-bond donors (Lipinski definition) is 4. The molecule has 4 aromatic rings. The van der Waals surface area contributed by atoms with Gasteiger partial charge in [0.05, 0.1) is 50.6 Å². The van der Waals surface area contributed by atoms with E-state index in [1.807, 2.05) is 105 Å². The van der Waals surface area contributed by atoms with E-state index in [-0.39, 0.29) is 73.6 Å². The molecule has 2 aliphatic heterocycles. The predicted molar refractivity (Wildman–Crippen MR) is 303 cm³/mol. The number of rotatable bonds is 22. The molecule has 0 aromatic heterocycles. The van der Waals surface area contributed by atoms with Crippen molar-refractivity contribution in [3.63, 3.8) is 0 Å². The summed E-state index contributed by atoms with van der Waals surface area (Å²) in [5.41, 5.74) is 3.12. The van der Waals surface area contributed by atoms with Gasteiger partial charge < -0.3 is 50.3 Å². The molecule has 2 saturated carbocycles. The number of hydrogen-bond acceptors (Lipinski definition) is 10. The van der Waals surface area contributed by atoms with Crippen LogP contribution in [0.2, 0.25) is 0 Å². The van der Waals surface area contributed by atoms with Crippen molar-refractivity contribution in [2.75, 3.05) is 79.8 Å². The first-order valence-corrected chi connectivity index (χ1v) is 28.8. The largest absolute Gasteiger partial charge is 0.377 e. The second kappa shape index (κ2) is 28.6. The van der Waals surface area contributed by atoms with E-state index in [1.54, 1.807) is 40.1 Å². The van der Waals surface area contributed by atoms with Crippen LogP contribution in [0, 0.1) is 11.8 Å². The Balaban J connectivity index is 1.03. The zero-order valence-corrected chi connectivity index (χ0v) is 46.5. The number of amides is 6. The molecular formula is C62H84N8O8. The first-order valence-electron chi connectivity index (χ1n) is 28.8. The summed E-state index contributed by atoms with van der Waals surface area (Å²) in [6.45, 7) is 6.80. The number of nitrogens with one attached hydrogen (secondary N) is 4. The minimum absolute atomic E-state index is 0.0230. The molecule has 6 amide bonds. The predicted octanol–water partition coefficient (Wildman–Crippen LogP) is 6.01. The van der Waals surface area contributed by atoms with Crippen molar-refractivity contribution in [2.45, 2.75) is 127 Å². The van der Waals surface area contributed by atoms with Crippen LogP contribution in [0.4, 0.5) is 0 Å². The molecule has 0 bridgehead atoms. The molecule has 2 aliphatic carbocycles. The molecular weight excluding hydrogens is 985 g/mol. The Morgan fingerprint density at radius 2 is 0.923 bits per heavy atom. The highest BCUT2D eigenvalue weighted by Gasteiger charge is 2.41. The Labute approximate surface area is 461 Å². The van der Waals surface area contributed by atoms with E-state index < -0.39 is 36.3 Å². The fourth-order valence-corrected chi connectivity index (χ4v) is 11.8. The second-order valence-electron chi connectivity index (χ2n) is 22.1. The maximum absolute atomic E-state index is 14.9. The number of fused-ring (bicyclic) bond motifs is 1. The summed E-state index contributed by atoms with van der Waals surface area (Å²) in [7, 11) is 3.47. The Hall–Kier alpha value is -6.20. The lowest BCUT2D eigenvalue weighted by Crippen LogP contribution is -2.61. The maximum atomic E-state index is 14.9. The molecule has 0 spiro atoms. The van der Waals surface area contributed by atoms with Crippen LogP contribution in [0.1, 0.15) is 110 Å². The third kappa shape index (κ3) is 15.1. The molecule has 78 heavy (non-hydrogen) atoms. The van der Waals surface area contributed by atoms with Gasteiger partial charge >= 0.3 is 0 Å². The van der Waals surface area contributed by atoms with Crippen LogP contribution in [-0.4, -0.2) is 171 Å². The van der Waals surface area contributed by atoms with Crippen LogP contribution in [0.15, 0.2) is 97.1 Å². The van der Waals surface area contributed by atoms with Gasteiger partial charge in [0.25, 0.3) is 11.8 Å². The molecule has 420 valence electrons. The Kier molecular flexibility index (Phi) is 21.3. The standard InChI is InChI=1S/C62H84N8O8/c1-43(63-3)57(71)65-55(47-21-13-7-14-22-47)61(75)69-33-35-77-41-53(69)39-67(31-29-45-17-9-5-10-18-45)59(73)51-27-25-50-38-52(28-26-49(50)37-51)60(74)68(32-30-46-19-11-6-12-20-46)40-54-42-78-36-34-70(54)62(76)56(48-23-15-8-16-24-48)66-58(72)44(2)64-4/h5-6,9-12,17-20,25-28,37-38,43-44,47-48,53-56,63-64H,7-8,13-16,21-24,29-36,39-42H2,1-4H3,(H,65,71)(H,66,72)/t43-,44-,53-,54+,55-,56-/m0/s1. The average molecular weight is 1070 g/mol. The summed E-state index contributed by atoms with van der Waals surface area (Å²) in [5, 5.41) is 13.8. The van der Waals surface area contributed by atoms with Crippen molar-refractivity contribution in [3.05, 3.63) is 119 Å². The molecule has 16 heteroatoms. The summed E-state index contributed by atoms with van der Waals surface area (Å²) in [6.07, 6.45) is 10.9. The van der Waals surface area contributed by atoms with Crippen LogP contribution < -0.4 is 21.3 Å². The van der Waals surface area contributed by atoms with Gasteiger partial charge in [0.15, 0.2) is 0 Å². The van der Waals surface area contributed by atoms with Crippen LogP contribution >= 0.6 is 0 Å². The van der Waals surface area contributed by atoms with E-state index in [0.717, 1.165) is 86.1 Å². The topological polar surface area (TPSA) is 182 Å². The molecule has 4 N–H and O–H groups in total. The van der Waals surface area contributed by atoms with E-state index in [1.165, 1.54) is 0 Å². The monoisotopic (exact) mass is 1070 g/mol. The molecule has 4 aliphatic rings. The summed E-state index contributed by atoms with van der Waals surface area (Å²) >= 11 is 0. The number of nitrogens with zero attached hydrogens (tertiary/aromatic N) is 4. The number of likely N-dealkylation sites (N-methyl/N-ethyl adjacent to an activating group) is 2. The maximum Gasteiger partial charge on any atom is 0.253 e. The quantitative estimate of drug-likeness (QED) is 0.0728. The molecule has 6 atom stereocenters. The molecule has 8 rings (SSSR count). The van der Waals surface area contributed by atoms with Gasteiger partial charge in [0.2, 0.25) is 23.6 Å². The van der Waals surface area contributed by atoms with Gasteiger partial charge in [-0.25, -0.2) is 0 Å². The van der Waals surface area contributed by atoms with Gasteiger partial charge in [0, 0.05) is 50.4 Å². The SMILES string of the molecule is CN[C@@H](C)C(=O)N[C@H](C(=O)N1CCOC[C@@H]1CN(CCc1ccccc1)C(=O)c1ccc2cc(C(=O)N(CCc3ccccc3)C[C@@H]3COCCN3C(=O)[C@@H](NC(=O)[C@H](C)NC)C3CCCCC3)ccc2c1)C1CCCCC1. The van der Waals surface area contributed by atoms with E-state index >= 15 is 0 Å². The fourth-order valence-electron chi connectivity index (χ4n) is 11.8. The van der Waals surface area contributed by atoms with E-state index in [9.17, 15) is 28.8 Å². The molecule has 2 saturated heterocycles. The zero-order chi connectivity index (χ0) is 55.0. The number of ether oxygens (including phenoxy) is 2. The summed E-state index contributed by atoms with van der Waals surface area (Å²) in [4.78, 5) is 93.4. The molecule has 2 heterocycles. The van der Waals surface area contributed by atoms with Crippen LogP contribution in [0.25, 0.3) is 10.8 Å². The minimum atomic E-state index is -0.673. The van der Waals surface area contributed by atoms with Crippen LogP contribution in [-0.2, 0) is 41.5 Å². The highest BCUT2D eigenvalue weighted by atomic mass is 16.5. The van der Waals surface area contributed by atoms with Crippen LogP contribution in [0.3, 0.4) is 0 Å². The lowest BCUT2D eigenvalue weighted by atomic mass is 9.83. The minimum Gasteiger partial charge on any atom is -0.377 e. The van der Waals surface area contributed by atoms with Gasteiger partial charge in [-0.15, -0.1) is 0 Å². The van der Waals surface area contributed by atoms with Crippen molar-refractivity contribution < 1.29 is 38.2 Å². The van der Waals surface area contributed by atoms with E-state index in [0.29, 0.717) is 63.4 Å². The van der Waals surface area contributed by atoms with Crippen molar-refractivity contribution >= 4 is 46.2 Å². The third-order valence-electron chi connectivity index (χ3n) is 16.8. The fraction of sp³-hybridized carbons (Fsp3) is 0.548. The lowest BCUT2D eigenvalue weighted by Gasteiger charge is -2.42. The molecule has 4 fully saturated rings. The second-order valence-corrected chi connectivity index (χ2v) is 22.1. The number of morpholine rings is 2. The first kappa shape index (κ1) is 58.0. The molecule has 4 aromatic carbocycles. The summed E-state index contributed by atoms with van der Waals surface area (Å²) < 4.78 is 12.1. The Morgan fingerprint density at radius 1 is 0.538 bits per heavy atom. The number of carbonyl (C=O) groups is 6. The number of carbonyl (C=O) groups excluding carboxylic acids is 6. The van der Waals surface area contributed by atoms with Crippen molar-refractivity contribution in [2.24, 2.45) is 11.8 Å². The van der Waals surface area contributed by atoms with Gasteiger partial charge in [-0.05, 0) is 124 Å². The first-order chi connectivity index (χ1) is 37.9. The van der Waals surface area contributed by atoms with Crippen LogP contribution in [0.5, 0.6) is 0 Å². The molecule has 16 nitrogen and oxygen atoms in total. The van der Waals surface area contributed by atoms with Crippen molar-refractivity contribution in [3.8, 4) is 0 Å². The molecule has 0 unspecified atom stereocenters. The van der Waals surface area contributed by atoms with Gasteiger partial charge in [-0.1, -0.05) is 111 Å². The third-order valence-corrected chi connectivity index (χ3v) is 16.8. The Bertz CT molecular complexity index is 2450. The lowest BCUT2D eigenvalue weighted by molar-refractivity contribution is -0.147. The smallest absolute Gasteiger partial charge is 0.253 e. The highest BCUT2D eigenvalue weighted by molar-refractivity contribution is 6.02. The van der Waals surface area contributed by atoms with Gasteiger partial charge in [0.1, 0.15) is 12.1 Å². The van der Waals surface area contributed by atoms with Gasteiger partial charge in [-0.3, -0.25) is 28.8 Å². The number of benzene rings is 4. The van der Waals surface area contributed by atoms with Crippen molar-refractivity contribution in [1.29, 1.82) is 0 Å². The Morgan fingerprint density at radius 3 is 1.29 bits per heavy atom. The van der Waals surface area contributed by atoms with E-state index in [2.05, 4.69) is 21.3 Å². The van der Waals surface area contributed by atoms with E-state index in [4.69, 9.17) is 9.47 Å². The normalized spacial score (nSPS) is 20.0. The zero-order valence-electron chi connectivity index (χ0n) is 46.5. The summed E-state index contributed by atoms with van der Waals surface area (Å²) in [5.74, 6) is -1.00.